The van der Waals surface area contributed by atoms with Crippen molar-refractivity contribution in [3.05, 3.63) is 101 Å². The van der Waals surface area contributed by atoms with Crippen LogP contribution in [-0.4, -0.2) is 34.2 Å². The summed E-state index contributed by atoms with van der Waals surface area (Å²) in [4.78, 5) is 38.1. The molecule has 0 aromatic heterocycles. The first-order valence-electron chi connectivity index (χ1n) is 11.4. The summed E-state index contributed by atoms with van der Waals surface area (Å²) in [5.74, 6) is -1.83. The fourth-order valence-corrected chi connectivity index (χ4v) is 4.16. The van der Waals surface area contributed by atoms with E-state index in [0.29, 0.717) is 16.3 Å². The second-order valence-corrected chi connectivity index (χ2v) is 8.90. The number of hydrogen-bond acceptors (Lipinski definition) is 4. The Morgan fingerprint density at radius 2 is 1.57 bits per heavy atom. The number of benzene rings is 4. The van der Waals surface area contributed by atoms with Crippen molar-refractivity contribution in [2.45, 2.75) is 19.4 Å². The van der Waals surface area contributed by atoms with Crippen LogP contribution in [0.2, 0.25) is 5.02 Å². The zero-order valence-electron chi connectivity index (χ0n) is 19.8. The van der Waals surface area contributed by atoms with Gasteiger partial charge in [-0.1, -0.05) is 60.1 Å². The van der Waals surface area contributed by atoms with E-state index in [1.54, 1.807) is 49.4 Å². The van der Waals surface area contributed by atoms with Crippen molar-refractivity contribution >= 4 is 51.7 Å². The quantitative estimate of drug-likeness (QED) is 0.219. The Hall–Kier alpha value is -4.56. The van der Waals surface area contributed by atoms with Crippen LogP contribution in [0.5, 0.6) is 5.75 Å². The smallest absolute Gasteiger partial charge is 0.326 e. The predicted octanol–water partition coefficient (Wildman–Crippen LogP) is 5.58. The number of halogens is 1. The third-order valence-electron chi connectivity index (χ3n) is 5.82. The van der Waals surface area contributed by atoms with Gasteiger partial charge in [-0.25, -0.2) is 9.59 Å². The summed E-state index contributed by atoms with van der Waals surface area (Å²) >= 11 is 6.22. The molecule has 5 N–H and O–H groups in total. The number of fused-ring (bicyclic) bond motifs is 1. The normalized spacial score (nSPS) is 11.5. The van der Waals surface area contributed by atoms with Gasteiger partial charge in [0.05, 0.1) is 22.0 Å². The van der Waals surface area contributed by atoms with E-state index in [1.807, 2.05) is 24.3 Å². The molecule has 0 saturated heterocycles. The van der Waals surface area contributed by atoms with E-state index in [0.717, 1.165) is 16.3 Å². The van der Waals surface area contributed by atoms with Gasteiger partial charge in [-0.05, 0) is 59.2 Å². The van der Waals surface area contributed by atoms with Gasteiger partial charge in [0.25, 0.3) is 5.91 Å². The first kappa shape index (κ1) is 25.5. The molecule has 4 rings (SSSR count). The molecular formula is C28H24ClN3O5. The Balaban J connectivity index is 1.62. The van der Waals surface area contributed by atoms with E-state index in [-0.39, 0.29) is 23.4 Å². The van der Waals surface area contributed by atoms with E-state index in [9.17, 15) is 24.6 Å². The third-order valence-corrected chi connectivity index (χ3v) is 6.13. The number of anilines is 2. The van der Waals surface area contributed by atoms with E-state index in [1.165, 1.54) is 12.1 Å². The molecule has 9 heteroatoms. The highest BCUT2D eigenvalue weighted by atomic mass is 35.5. The predicted molar refractivity (Wildman–Crippen MR) is 143 cm³/mol. The molecule has 8 nitrogen and oxygen atoms in total. The van der Waals surface area contributed by atoms with Gasteiger partial charge in [0, 0.05) is 6.42 Å². The van der Waals surface area contributed by atoms with Gasteiger partial charge in [0.1, 0.15) is 11.8 Å². The average Bonchev–Trinajstić information content (AvgIpc) is 2.86. The zero-order chi connectivity index (χ0) is 26.5. The monoisotopic (exact) mass is 517 g/mol. The molecule has 0 aliphatic carbocycles. The molecule has 1 atom stereocenters. The molecule has 3 amide bonds. The molecule has 0 saturated carbocycles. The number of urea groups is 1. The molecule has 188 valence electrons. The number of phenols is 1. The lowest BCUT2D eigenvalue weighted by atomic mass is 10.0. The van der Waals surface area contributed by atoms with E-state index < -0.39 is 23.9 Å². The number of rotatable bonds is 7. The summed E-state index contributed by atoms with van der Waals surface area (Å²) in [7, 11) is 0. The second-order valence-electron chi connectivity index (χ2n) is 8.49. The molecule has 0 aliphatic heterocycles. The van der Waals surface area contributed by atoms with Crippen molar-refractivity contribution in [2.24, 2.45) is 0 Å². The van der Waals surface area contributed by atoms with Gasteiger partial charge in [-0.3, -0.25) is 4.79 Å². The minimum atomic E-state index is -1.24. The SMILES string of the molecule is Cc1cccc(Cl)c1NC(=O)Nc1cc2ccccc2cc1C(=O)N[C@@H](Cc1ccc(O)cc1)C(=O)O. The Kier molecular flexibility index (Phi) is 7.60. The number of phenolic OH excluding ortho intramolecular Hbond substituents is 1. The largest absolute Gasteiger partial charge is 0.508 e. The molecular weight excluding hydrogens is 494 g/mol. The summed E-state index contributed by atoms with van der Waals surface area (Å²) in [6.45, 7) is 1.80. The number of carbonyl (C=O) groups is 3. The maximum absolute atomic E-state index is 13.3. The molecule has 0 spiro atoms. The molecule has 0 bridgehead atoms. The van der Waals surface area contributed by atoms with Crippen molar-refractivity contribution in [1.29, 1.82) is 0 Å². The molecule has 0 aliphatic rings. The zero-order valence-corrected chi connectivity index (χ0v) is 20.5. The third kappa shape index (κ3) is 6.17. The molecule has 37 heavy (non-hydrogen) atoms. The molecule has 0 radical (unpaired) electrons. The summed E-state index contributed by atoms with van der Waals surface area (Å²) in [6, 6.07) is 20.0. The lowest BCUT2D eigenvalue weighted by molar-refractivity contribution is -0.139. The van der Waals surface area contributed by atoms with Crippen LogP contribution < -0.4 is 16.0 Å². The van der Waals surface area contributed by atoms with Crippen LogP contribution >= 0.6 is 11.6 Å². The summed E-state index contributed by atoms with van der Waals surface area (Å²) in [5.41, 5.74) is 2.12. The van der Waals surface area contributed by atoms with Crippen LogP contribution in [0.25, 0.3) is 10.8 Å². The summed E-state index contributed by atoms with van der Waals surface area (Å²) in [5, 5.41) is 29.0. The fourth-order valence-electron chi connectivity index (χ4n) is 3.89. The topological polar surface area (TPSA) is 128 Å². The van der Waals surface area contributed by atoms with Gasteiger partial charge in [0.2, 0.25) is 0 Å². The maximum Gasteiger partial charge on any atom is 0.326 e. The summed E-state index contributed by atoms with van der Waals surface area (Å²) in [6.07, 6.45) is 0.00393. The average molecular weight is 518 g/mol. The number of hydrogen-bond donors (Lipinski definition) is 5. The Morgan fingerprint density at radius 1 is 0.892 bits per heavy atom. The van der Waals surface area contributed by atoms with Crippen LogP contribution in [0.15, 0.2) is 78.9 Å². The number of aromatic hydroxyl groups is 1. The minimum absolute atomic E-state index is 0.00393. The van der Waals surface area contributed by atoms with Crippen molar-refractivity contribution in [3.8, 4) is 5.75 Å². The van der Waals surface area contributed by atoms with Crippen molar-refractivity contribution in [3.63, 3.8) is 0 Å². The number of aryl methyl sites for hydroxylation is 1. The van der Waals surface area contributed by atoms with Crippen LogP contribution in [0.1, 0.15) is 21.5 Å². The first-order chi connectivity index (χ1) is 17.7. The molecule has 0 fully saturated rings. The number of nitrogens with one attached hydrogen (secondary N) is 3. The molecule has 4 aromatic rings. The number of carbonyl (C=O) groups excluding carboxylic acids is 2. The number of carboxylic acids is 1. The molecule has 0 unspecified atom stereocenters. The maximum atomic E-state index is 13.3. The number of carboxylic acid groups (broad SMARTS) is 1. The highest BCUT2D eigenvalue weighted by molar-refractivity contribution is 6.34. The lowest BCUT2D eigenvalue weighted by Crippen LogP contribution is -2.42. The van der Waals surface area contributed by atoms with Gasteiger partial charge in [-0.15, -0.1) is 0 Å². The van der Waals surface area contributed by atoms with Gasteiger partial charge >= 0.3 is 12.0 Å². The Bertz CT molecular complexity index is 1470. The fraction of sp³-hybridized carbons (Fsp3) is 0.107. The van der Waals surface area contributed by atoms with Crippen molar-refractivity contribution in [1.82, 2.24) is 5.32 Å². The van der Waals surface area contributed by atoms with Gasteiger partial charge in [-0.2, -0.15) is 0 Å². The van der Waals surface area contributed by atoms with Crippen LogP contribution in [-0.2, 0) is 11.2 Å². The highest BCUT2D eigenvalue weighted by Gasteiger charge is 2.24. The first-order valence-corrected chi connectivity index (χ1v) is 11.8. The van der Waals surface area contributed by atoms with E-state index in [2.05, 4.69) is 16.0 Å². The number of para-hydroxylation sites is 1. The van der Waals surface area contributed by atoms with E-state index in [4.69, 9.17) is 11.6 Å². The lowest BCUT2D eigenvalue weighted by Gasteiger charge is -2.18. The number of aliphatic carboxylic acids is 1. The molecule has 4 aromatic carbocycles. The second kappa shape index (κ2) is 11.0. The Morgan fingerprint density at radius 3 is 2.22 bits per heavy atom. The van der Waals surface area contributed by atoms with Crippen LogP contribution in [0.4, 0.5) is 16.2 Å². The van der Waals surface area contributed by atoms with Gasteiger partial charge in [0.15, 0.2) is 0 Å². The standard InChI is InChI=1S/C28H24ClN3O5/c1-16-5-4-8-22(29)25(16)32-28(37)31-23-15-19-7-3-2-6-18(19)14-21(23)26(34)30-24(27(35)36)13-17-9-11-20(33)12-10-17/h2-12,14-15,24,33H,13H2,1H3,(H,30,34)(H,35,36)(H2,31,32,37)/t24-/m0/s1. The number of amides is 3. The Labute approximate surface area is 217 Å². The van der Waals surface area contributed by atoms with Crippen LogP contribution in [0, 0.1) is 6.92 Å². The van der Waals surface area contributed by atoms with Crippen molar-refractivity contribution in [2.75, 3.05) is 10.6 Å². The highest BCUT2D eigenvalue weighted by Crippen LogP contribution is 2.27. The summed E-state index contributed by atoms with van der Waals surface area (Å²) < 4.78 is 0. The van der Waals surface area contributed by atoms with E-state index >= 15 is 0 Å². The van der Waals surface area contributed by atoms with Gasteiger partial charge < -0.3 is 26.2 Å². The molecule has 0 heterocycles. The van der Waals surface area contributed by atoms with Crippen molar-refractivity contribution < 1.29 is 24.6 Å². The van der Waals surface area contributed by atoms with Crippen LogP contribution in [0.3, 0.4) is 0 Å². The minimum Gasteiger partial charge on any atom is -0.508 e.